The molecule has 24 heavy (non-hydrogen) atoms. The van der Waals surface area contributed by atoms with Crippen LogP contribution in [0.3, 0.4) is 0 Å². The molecular formula is C18H14ClNO3S. The van der Waals surface area contributed by atoms with E-state index in [1.807, 2.05) is 48.5 Å². The fourth-order valence-corrected chi connectivity index (χ4v) is 3.07. The molecule has 0 aliphatic rings. The van der Waals surface area contributed by atoms with Crippen LogP contribution in [0.4, 0.5) is 0 Å². The van der Waals surface area contributed by atoms with Gasteiger partial charge in [0.1, 0.15) is 10.9 Å². The molecule has 4 nitrogen and oxygen atoms in total. The first-order valence-electron chi connectivity index (χ1n) is 7.27. The van der Waals surface area contributed by atoms with Gasteiger partial charge in [-0.3, -0.25) is 4.79 Å². The average molecular weight is 360 g/mol. The Balaban J connectivity index is 2.10. The maximum atomic E-state index is 11.1. The smallest absolute Gasteiger partial charge is 0.316 e. The monoisotopic (exact) mass is 359 g/mol. The highest BCUT2D eigenvalue weighted by atomic mass is 35.5. The molecule has 0 bridgehead atoms. The van der Waals surface area contributed by atoms with Crippen LogP contribution in [0.25, 0.3) is 22.6 Å². The minimum Gasteiger partial charge on any atom is -0.480 e. The molecule has 0 amide bonds. The number of hydrogen-bond acceptors (Lipinski definition) is 4. The van der Waals surface area contributed by atoms with Gasteiger partial charge in [0, 0.05) is 11.1 Å². The Kier molecular flexibility index (Phi) is 4.92. The van der Waals surface area contributed by atoms with Gasteiger partial charge in [-0.1, -0.05) is 65.8 Å². The molecule has 122 valence electrons. The topological polar surface area (TPSA) is 63.3 Å². The molecule has 1 aromatic heterocycles. The zero-order valence-electron chi connectivity index (χ0n) is 12.8. The lowest BCUT2D eigenvalue weighted by Crippen LogP contribution is -2.10. The number of carboxylic acids is 1. The van der Waals surface area contributed by atoms with Gasteiger partial charge in [0.15, 0.2) is 5.76 Å². The van der Waals surface area contributed by atoms with Crippen molar-refractivity contribution in [1.82, 2.24) is 4.98 Å². The zero-order valence-corrected chi connectivity index (χ0v) is 14.3. The molecule has 0 saturated heterocycles. The van der Waals surface area contributed by atoms with Crippen molar-refractivity contribution in [2.45, 2.75) is 17.4 Å². The SMILES string of the molecule is CC(Sc1nc(-c2ccccc2)c(-c2ccccc2Cl)o1)C(=O)O. The third-order valence-corrected chi connectivity index (χ3v) is 4.66. The maximum absolute atomic E-state index is 11.1. The first-order valence-corrected chi connectivity index (χ1v) is 8.52. The predicted molar refractivity (Wildman–Crippen MR) is 95.3 cm³/mol. The summed E-state index contributed by atoms with van der Waals surface area (Å²) in [5.41, 5.74) is 2.25. The molecule has 0 saturated carbocycles. The first kappa shape index (κ1) is 16.6. The van der Waals surface area contributed by atoms with Gasteiger partial charge in [-0.2, -0.15) is 0 Å². The van der Waals surface area contributed by atoms with E-state index in [0.717, 1.165) is 22.9 Å². The number of rotatable bonds is 5. The van der Waals surface area contributed by atoms with Gasteiger partial charge in [-0.25, -0.2) is 4.98 Å². The molecule has 0 aliphatic carbocycles. The molecule has 0 aliphatic heterocycles. The molecule has 1 N–H and O–H groups in total. The minimum atomic E-state index is -0.918. The van der Waals surface area contributed by atoms with Gasteiger partial charge in [-0.05, 0) is 19.1 Å². The van der Waals surface area contributed by atoms with E-state index in [1.165, 1.54) is 0 Å². The predicted octanol–water partition coefficient (Wildman–Crippen LogP) is 5.23. The van der Waals surface area contributed by atoms with Gasteiger partial charge in [0.05, 0.1) is 5.02 Å². The number of aromatic nitrogens is 1. The van der Waals surface area contributed by atoms with Crippen molar-refractivity contribution in [3.05, 3.63) is 59.6 Å². The molecule has 0 fully saturated rings. The fourth-order valence-electron chi connectivity index (χ4n) is 2.17. The normalized spacial score (nSPS) is 12.1. The van der Waals surface area contributed by atoms with Crippen LogP contribution in [0.1, 0.15) is 6.92 Å². The van der Waals surface area contributed by atoms with Crippen LogP contribution in [-0.4, -0.2) is 21.3 Å². The highest BCUT2D eigenvalue weighted by Gasteiger charge is 2.22. The van der Waals surface area contributed by atoms with Crippen LogP contribution in [0.5, 0.6) is 0 Å². The summed E-state index contributed by atoms with van der Waals surface area (Å²) in [5.74, 6) is -0.384. The van der Waals surface area contributed by atoms with Crippen molar-refractivity contribution in [2.24, 2.45) is 0 Å². The van der Waals surface area contributed by atoms with Gasteiger partial charge in [-0.15, -0.1) is 0 Å². The summed E-state index contributed by atoms with van der Waals surface area (Å²) in [6.07, 6.45) is 0. The lowest BCUT2D eigenvalue weighted by atomic mass is 10.1. The minimum absolute atomic E-state index is 0.304. The van der Waals surface area contributed by atoms with Crippen LogP contribution >= 0.6 is 23.4 Å². The quantitative estimate of drug-likeness (QED) is 0.632. The Morgan fingerprint density at radius 1 is 1.17 bits per heavy atom. The Morgan fingerprint density at radius 2 is 1.83 bits per heavy atom. The van der Waals surface area contributed by atoms with Crippen LogP contribution in [0.15, 0.2) is 64.2 Å². The summed E-state index contributed by atoms with van der Waals surface area (Å²) in [7, 11) is 0. The third-order valence-electron chi connectivity index (χ3n) is 3.40. The molecule has 3 aromatic rings. The van der Waals surface area contributed by atoms with Crippen molar-refractivity contribution >= 4 is 29.3 Å². The summed E-state index contributed by atoms with van der Waals surface area (Å²) in [6.45, 7) is 1.59. The molecule has 6 heteroatoms. The number of thioether (sulfide) groups is 1. The van der Waals surface area contributed by atoms with Crippen molar-refractivity contribution in [3.8, 4) is 22.6 Å². The second kappa shape index (κ2) is 7.11. The van der Waals surface area contributed by atoms with E-state index >= 15 is 0 Å². The number of aliphatic carboxylic acids is 1. The van der Waals surface area contributed by atoms with Crippen molar-refractivity contribution in [1.29, 1.82) is 0 Å². The van der Waals surface area contributed by atoms with Crippen LogP contribution in [-0.2, 0) is 4.79 Å². The Morgan fingerprint density at radius 3 is 2.50 bits per heavy atom. The number of oxazole rings is 1. The summed E-state index contributed by atoms with van der Waals surface area (Å²) in [5, 5.41) is 9.28. The molecule has 1 heterocycles. The standard InChI is InChI=1S/C18H14ClNO3S/c1-11(17(21)22)24-18-20-15(12-7-3-2-4-8-12)16(23-18)13-9-5-6-10-14(13)19/h2-11H,1H3,(H,21,22). The molecule has 3 rings (SSSR count). The summed E-state index contributed by atoms with van der Waals surface area (Å²) >= 11 is 7.36. The molecule has 1 atom stereocenters. The number of hydrogen-bond donors (Lipinski definition) is 1. The number of benzene rings is 2. The molecule has 2 aromatic carbocycles. The van der Waals surface area contributed by atoms with Gasteiger partial charge in [0.2, 0.25) is 0 Å². The van der Waals surface area contributed by atoms with E-state index in [-0.39, 0.29) is 0 Å². The summed E-state index contributed by atoms with van der Waals surface area (Å²) in [6, 6.07) is 16.9. The molecule has 1 unspecified atom stereocenters. The largest absolute Gasteiger partial charge is 0.480 e. The van der Waals surface area contributed by atoms with E-state index in [2.05, 4.69) is 4.98 Å². The van der Waals surface area contributed by atoms with E-state index in [4.69, 9.17) is 21.1 Å². The lowest BCUT2D eigenvalue weighted by molar-refractivity contribution is -0.136. The Labute approximate surface area is 148 Å². The third kappa shape index (κ3) is 3.47. The van der Waals surface area contributed by atoms with E-state index < -0.39 is 11.2 Å². The van der Waals surface area contributed by atoms with Crippen molar-refractivity contribution in [2.75, 3.05) is 0 Å². The molecule has 0 spiro atoms. The first-order chi connectivity index (χ1) is 11.6. The molecular weight excluding hydrogens is 346 g/mol. The molecule has 0 radical (unpaired) electrons. The van der Waals surface area contributed by atoms with E-state index in [1.54, 1.807) is 13.0 Å². The van der Waals surface area contributed by atoms with Crippen molar-refractivity contribution < 1.29 is 14.3 Å². The van der Waals surface area contributed by atoms with Crippen LogP contribution < -0.4 is 0 Å². The van der Waals surface area contributed by atoms with Gasteiger partial charge >= 0.3 is 5.97 Å². The highest BCUT2D eigenvalue weighted by molar-refractivity contribution is 8.00. The van der Waals surface area contributed by atoms with Crippen LogP contribution in [0.2, 0.25) is 5.02 Å². The maximum Gasteiger partial charge on any atom is 0.316 e. The van der Waals surface area contributed by atoms with E-state index in [0.29, 0.717) is 21.7 Å². The Hall–Kier alpha value is -2.24. The number of halogens is 1. The highest BCUT2D eigenvalue weighted by Crippen LogP contribution is 2.39. The Bertz CT molecular complexity index is 864. The second-order valence-corrected chi connectivity index (χ2v) is 6.80. The fraction of sp³-hybridized carbons (Fsp3) is 0.111. The number of carbonyl (C=O) groups is 1. The lowest BCUT2D eigenvalue weighted by Gasteiger charge is -2.03. The zero-order chi connectivity index (χ0) is 17.1. The van der Waals surface area contributed by atoms with E-state index in [9.17, 15) is 4.79 Å². The summed E-state index contributed by atoms with van der Waals surface area (Å²) in [4.78, 5) is 15.6. The second-order valence-electron chi connectivity index (χ2n) is 5.10. The van der Waals surface area contributed by atoms with Gasteiger partial charge < -0.3 is 9.52 Å². The number of carboxylic acid groups (broad SMARTS) is 1. The average Bonchev–Trinajstić information content (AvgIpc) is 2.99. The number of nitrogens with zero attached hydrogens (tertiary/aromatic N) is 1. The van der Waals surface area contributed by atoms with Crippen molar-refractivity contribution in [3.63, 3.8) is 0 Å². The van der Waals surface area contributed by atoms with Gasteiger partial charge in [0.25, 0.3) is 5.22 Å². The van der Waals surface area contributed by atoms with Crippen LogP contribution in [0, 0.1) is 0 Å². The summed E-state index contributed by atoms with van der Waals surface area (Å²) < 4.78 is 5.86.